The molecule has 1 aromatic rings. The van der Waals surface area contributed by atoms with E-state index in [9.17, 15) is 4.79 Å². The third kappa shape index (κ3) is 0.637. The zero-order valence-electron chi connectivity index (χ0n) is 5.16. The molecule has 1 aliphatic heterocycles. The molecule has 0 amide bonds. The molecular weight excluding hydrogens is 132 g/mol. The van der Waals surface area contributed by atoms with Crippen molar-refractivity contribution in [3.05, 3.63) is 16.4 Å². The normalized spacial score (nSPS) is 14.4. The number of nitrogens with zero attached hydrogens (tertiary/aromatic N) is 2. The Bertz CT molecular complexity index is 292. The molecule has 2 N–H and O–H groups in total. The highest BCUT2D eigenvalue weighted by Gasteiger charge is 2.03. The van der Waals surface area contributed by atoms with Crippen LogP contribution in [0.2, 0.25) is 0 Å². The van der Waals surface area contributed by atoms with Crippen molar-refractivity contribution in [1.29, 1.82) is 0 Å². The van der Waals surface area contributed by atoms with Crippen LogP contribution in [0.15, 0.2) is 15.9 Å². The van der Waals surface area contributed by atoms with Crippen LogP contribution in [0.25, 0.3) is 0 Å². The Labute approximate surface area is 56.4 Å². The average Bonchev–Trinajstić information content (AvgIpc) is 2.27. The molecule has 0 saturated carbocycles. The molecule has 10 heavy (non-hydrogen) atoms. The maximum absolute atomic E-state index is 10.7. The van der Waals surface area contributed by atoms with E-state index in [-0.39, 0.29) is 5.56 Å². The van der Waals surface area contributed by atoms with Gasteiger partial charge >= 0.3 is 0 Å². The SMILES string of the molecule is O=c1cc2n([nH]1)CN=CN2. The van der Waals surface area contributed by atoms with Crippen LogP contribution < -0.4 is 10.9 Å². The summed E-state index contributed by atoms with van der Waals surface area (Å²) in [6.45, 7) is 0.491. The monoisotopic (exact) mass is 138 g/mol. The van der Waals surface area contributed by atoms with Gasteiger partial charge in [-0.3, -0.25) is 14.9 Å². The molecule has 0 fully saturated rings. The summed E-state index contributed by atoms with van der Waals surface area (Å²) in [5.41, 5.74) is -0.104. The van der Waals surface area contributed by atoms with Crippen molar-refractivity contribution >= 4 is 12.2 Å². The third-order valence-corrected chi connectivity index (χ3v) is 1.33. The second kappa shape index (κ2) is 1.73. The van der Waals surface area contributed by atoms with Crippen molar-refractivity contribution in [3.8, 4) is 0 Å². The Kier molecular flexibility index (Phi) is 0.913. The van der Waals surface area contributed by atoms with Gasteiger partial charge in [-0.15, -0.1) is 0 Å². The van der Waals surface area contributed by atoms with Gasteiger partial charge in [-0.25, -0.2) is 4.68 Å². The number of fused-ring (bicyclic) bond motifs is 1. The Hall–Kier alpha value is -1.52. The van der Waals surface area contributed by atoms with Gasteiger partial charge in [0, 0.05) is 6.07 Å². The van der Waals surface area contributed by atoms with Crippen LogP contribution in [0.4, 0.5) is 5.82 Å². The van der Waals surface area contributed by atoms with Gasteiger partial charge in [-0.05, 0) is 0 Å². The maximum Gasteiger partial charge on any atom is 0.266 e. The number of hydrogen-bond acceptors (Lipinski definition) is 3. The van der Waals surface area contributed by atoms with Crippen molar-refractivity contribution in [1.82, 2.24) is 9.78 Å². The molecule has 0 saturated heterocycles. The fourth-order valence-corrected chi connectivity index (χ4v) is 0.893. The molecule has 1 aromatic heterocycles. The van der Waals surface area contributed by atoms with Crippen LogP contribution in [0, 0.1) is 0 Å². The molecule has 5 nitrogen and oxygen atoms in total. The highest BCUT2D eigenvalue weighted by atomic mass is 16.1. The molecule has 0 radical (unpaired) electrons. The van der Waals surface area contributed by atoms with E-state index in [4.69, 9.17) is 0 Å². The Morgan fingerprint density at radius 1 is 1.70 bits per heavy atom. The lowest BCUT2D eigenvalue weighted by molar-refractivity contribution is 0.636. The molecule has 0 bridgehead atoms. The molecule has 52 valence electrons. The quantitative estimate of drug-likeness (QED) is 0.511. The lowest BCUT2D eigenvalue weighted by Gasteiger charge is -2.08. The molecule has 1 aliphatic rings. The van der Waals surface area contributed by atoms with Crippen molar-refractivity contribution < 1.29 is 0 Å². The number of aromatic nitrogens is 2. The van der Waals surface area contributed by atoms with Gasteiger partial charge < -0.3 is 5.32 Å². The molecule has 2 heterocycles. The number of rotatable bonds is 0. The standard InChI is InChI=1S/C5H6N4O/c10-5-1-4-7-2-6-3-9(4)8-5/h1-2H,3H2,(H,6,7)(H,8,10). The van der Waals surface area contributed by atoms with Gasteiger partial charge in [-0.1, -0.05) is 0 Å². The molecule has 0 unspecified atom stereocenters. The van der Waals surface area contributed by atoms with Gasteiger partial charge in [-0.2, -0.15) is 0 Å². The van der Waals surface area contributed by atoms with E-state index >= 15 is 0 Å². The summed E-state index contributed by atoms with van der Waals surface area (Å²) in [6, 6.07) is 1.49. The largest absolute Gasteiger partial charge is 0.331 e. The Balaban J connectivity index is 2.56. The molecule has 0 atom stereocenters. The summed E-state index contributed by atoms with van der Waals surface area (Å²) in [4.78, 5) is 14.6. The first kappa shape index (κ1) is 5.28. The van der Waals surface area contributed by atoms with Gasteiger partial charge in [0.05, 0.1) is 6.34 Å². The molecule has 0 spiro atoms. The smallest absolute Gasteiger partial charge is 0.266 e. The van der Waals surface area contributed by atoms with Crippen molar-refractivity contribution in [2.75, 3.05) is 5.32 Å². The second-order valence-corrected chi connectivity index (χ2v) is 2.03. The lowest BCUT2D eigenvalue weighted by Crippen LogP contribution is -2.12. The summed E-state index contributed by atoms with van der Waals surface area (Å²) >= 11 is 0. The number of aromatic amines is 1. The maximum atomic E-state index is 10.7. The number of H-pyrrole nitrogens is 1. The molecular formula is C5H6N4O. The van der Waals surface area contributed by atoms with Crippen LogP contribution in [0.5, 0.6) is 0 Å². The minimum Gasteiger partial charge on any atom is -0.331 e. The number of anilines is 1. The molecule has 0 aromatic carbocycles. The topological polar surface area (TPSA) is 62.2 Å². The second-order valence-electron chi connectivity index (χ2n) is 2.03. The van der Waals surface area contributed by atoms with E-state index in [1.165, 1.54) is 6.07 Å². The van der Waals surface area contributed by atoms with Crippen LogP contribution in [0.3, 0.4) is 0 Å². The molecule has 2 rings (SSSR count). The fourth-order valence-electron chi connectivity index (χ4n) is 0.893. The number of aliphatic imine (C=N–C) groups is 1. The van der Waals surface area contributed by atoms with E-state index in [0.717, 1.165) is 5.82 Å². The van der Waals surface area contributed by atoms with Crippen LogP contribution >= 0.6 is 0 Å². The van der Waals surface area contributed by atoms with E-state index in [2.05, 4.69) is 15.4 Å². The first-order valence-corrected chi connectivity index (χ1v) is 2.91. The minimum atomic E-state index is -0.104. The van der Waals surface area contributed by atoms with Crippen LogP contribution in [-0.4, -0.2) is 16.1 Å². The van der Waals surface area contributed by atoms with E-state index in [1.54, 1.807) is 11.0 Å². The van der Waals surface area contributed by atoms with E-state index in [0.29, 0.717) is 6.67 Å². The van der Waals surface area contributed by atoms with Crippen molar-refractivity contribution in [2.45, 2.75) is 6.67 Å². The number of hydrogen-bond donors (Lipinski definition) is 2. The Morgan fingerprint density at radius 3 is 3.40 bits per heavy atom. The molecule has 5 heteroatoms. The van der Waals surface area contributed by atoms with Gasteiger partial charge in [0.2, 0.25) is 0 Å². The van der Waals surface area contributed by atoms with Crippen molar-refractivity contribution in [3.63, 3.8) is 0 Å². The molecule has 0 aliphatic carbocycles. The predicted octanol–water partition coefficient (Wildman–Crippen LogP) is -0.412. The zero-order chi connectivity index (χ0) is 6.97. The van der Waals surface area contributed by atoms with Gasteiger partial charge in [0.1, 0.15) is 12.5 Å². The summed E-state index contributed by atoms with van der Waals surface area (Å²) < 4.78 is 1.64. The highest BCUT2D eigenvalue weighted by Crippen LogP contribution is 2.03. The fraction of sp³-hybridized carbons (Fsp3) is 0.200. The first-order valence-electron chi connectivity index (χ1n) is 2.91. The zero-order valence-corrected chi connectivity index (χ0v) is 5.16. The highest BCUT2D eigenvalue weighted by molar-refractivity contribution is 5.74. The predicted molar refractivity (Wildman–Crippen MR) is 37.2 cm³/mol. The van der Waals surface area contributed by atoms with Crippen LogP contribution in [-0.2, 0) is 6.67 Å². The summed E-state index contributed by atoms with van der Waals surface area (Å²) in [6.07, 6.45) is 1.57. The Morgan fingerprint density at radius 2 is 2.60 bits per heavy atom. The van der Waals surface area contributed by atoms with Gasteiger partial charge in [0.25, 0.3) is 5.56 Å². The average molecular weight is 138 g/mol. The summed E-state index contributed by atoms with van der Waals surface area (Å²) in [5.74, 6) is 0.764. The minimum absolute atomic E-state index is 0.104. The summed E-state index contributed by atoms with van der Waals surface area (Å²) in [5, 5.41) is 5.40. The van der Waals surface area contributed by atoms with E-state index < -0.39 is 0 Å². The summed E-state index contributed by atoms with van der Waals surface area (Å²) in [7, 11) is 0. The lowest BCUT2D eigenvalue weighted by atomic mass is 10.6. The third-order valence-electron chi connectivity index (χ3n) is 1.33. The van der Waals surface area contributed by atoms with E-state index in [1.807, 2.05) is 0 Å². The van der Waals surface area contributed by atoms with Crippen molar-refractivity contribution in [2.24, 2.45) is 4.99 Å². The van der Waals surface area contributed by atoms with Crippen LogP contribution in [0.1, 0.15) is 0 Å². The first-order chi connectivity index (χ1) is 4.86. The number of nitrogens with one attached hydrogen (secondary N) is 2. The van der Waals surface area contributed by atoms with Gasteiger partial charge in [0.15, 0.2) is 0 Å².